The molecule has 0 saturated heterocycles. The summed E-state index contributed by atoms with van der Waals surface area (Å²) in [5.41, 5.74) is 0.575. The van der Waals surface area contributed by atoms with Crippen molar-refractivity contribution >= 4 is 28.5 Å². The Morgan fingerprint density at radius 1 is 1.19 bits per heavy atom. The summed E-state index contributed by atoms with van der Waals surface area (Å²) in [7, 11) is 0. The summed E-state index contributed by atoms with van der Waals surface area (Å²) < 4.78 is 5.48. The third kappa shape index (κ3) is 2.48. The van der Waals surface area contributed by atoms with Gasteiger partial charge in [-0.15, -0.1) is 0 Å². The predicted octanol–water partition coefficient (Wildman–Crippen LogP) is 3.17. The lowest BCUT2D eigenvalue weighted by atomic mass is 10.1. The molecule has 0 aliphatic heterocycles. The molecular formula is C14H8ClN3O3. The van der Waals surface area contributed by atoms with Crippen molar-refractivity contribution in [1.29, 1.82) is 0 Å². The fraction of sp³-hybridized carbons (Fsp3) is 0. The molecule has 0 unspecified atom stereocenters. The molecule has 104 valence electrons. The quantitative estimate of drug-likeness (QED) is 0.799. The Hall–Kier alpha value is -2.73. The Bertz CT molecular complexity index is 839. The number of hydrogen-bond donors (Lipinski definition) is 1. The highest BCUT2D eigenvalue weighted by Gasteiger charge is 2.18. The van der Waals surface area contributed by atoms with Gasteiger partial charge in [-0.1, -0.05) is 29.8 Å². The van der Waals surface area contributed by atoms with Crippen LogP contribution in [0.5, 0.6) is 11.6 Å². The number of para-hydroxylation sites is 1. The molecule has 0 fully saturated rings. The second-order valence-corrected chi connectivity index (χ2v) is 4.50. The monoisotopic (exact) mass is 301 g/mol. The molecule has 2 heterocycles. The minimum Gasteiger partial charge on any atom is -0.478 e. The van der Waals surface area contributed by atoms with Crippen molar-refractivity contribution < 1.29 is 14.6 Å². The minimum atomic E-state index is -1.12. The third-order valence-corrected chi connectivity index (χ3v) is 3.05. The highest BCUT2D eigenvalue weighted by molar-refractivity contribution is 6.31. The van der Waals surface area contributed by atoms with Gasteiger partial charge in [-0.05, 0) is 6.07 Å². The standard InChI is InChI=1S/C14H8ClN3O3/c15-9-5-16-7-18-13(9)21-11-6-17-10-4-2-1-3-8(10)12(11)14(19)20/h1-7H,(H,19,20). The molecule has 0 radical (unpaired) electrons. The number of halogens is 1. The van der Waals surface area contributed by atoms with E-state index in [1.807, 2.05) is 0 Å². The number of nitrogens with zero attached hydrogens (tertiary/aromatic N) is 3. The molecule has 2 aromatic heterocycles. The lowest BCUT2D eigenvalue weighted by Crippen LogP contribution is -2.03. The van der Waals surface area contributed by atoms with Crippen molar-refractivity contribution in [2.75, 3.05) is 0 Å². The molecule has 1 aromatic carbocycles. The zero-order chi connectivity index (χ0) is 14.8. The van der Waals surface area contributed by atoms with E-state index in [1.54, 1.807) is 24.3 Å². The van der Waals surface area contributed by atoms with Gasteiger partial charge in [-0.3, -0.25) is 4.98 Å². The number of fused-ring (bicyclic) bond motifs is 1. The van der Waals surface area contributed by atoms with Gasteiger partial charge >= 0.3 is 5.97 Å². The van der Waals surface area contributed by atoms with Gasteiger partial charge in [0.05, 0.1) is 17.9 Å². The molecule has 7 heteroatoms. The number of hydrogen-bond acceptors (Lipinski definition) is 5. The first-order chi connectivity index (χ1) is 10.2. The summed E-state index contributed by atoms with van der Waals surface area (Å²) in [6, 6.07) is 6.91. The second kappa shape index (κ2) is 5.34. The van der Waals surface area contributed by atoms with Crippen LogP contribution in [0, 0.1) is 0 Å². The Balaban J connectivity index is 2.17. The Kier molecular flexibility index (Phi) is 3.37. The van der Waals surface area contributed by atoms with Crippen molar-refractivity contribution in [3.63, 3.8) is 0 Å². The normalized spacial score (nSPS) is 10.5. The summed E-state index contributed by atoms with van der Waals surface area (Å²) in [6.07, 6.45) is 3.96. The summed E-state index contributed by atoms with van der Waals surface area (Å²) >= 11 is 5.91. The van der Waals surface area contributed by atoms with Crippen LogP contribution in [-0.2, 0) is 0 Å². The van der Waals surface area contributed by atoms with Crippen LogP contribution in [-0.4, -0.2) is 26.0 Å². The van der Waals surface area contributed by atoms with Crippen LogP contribution in [0.15, 0.2) is 43.0 Å². The number of ether oxygens (including phenoxy) is 1. The molecule has 0 spiro atoms. The van der Waals surface area contributed by atoms with E-state index in [4.69, 9.17) is 16.3 Å². The van der Waals surface area contributed by atoms with Gasteiger partial charge in [0.15, 0.2) is 5.75 Å². The van der Waals surface area contributed by atoms with Crippen molar-refractivity contribution in [1.82, 2.24) is 15.0 Å². The van der Waals surface area contributed by atoms with E-state index < -0.39 is 5.97 Å². The smallest absolute Gasteiger partial charge is 0.340 e. The molecule has 21 heavy (non-hydrogen) atoms. The lowest BCUT2D eigenvalue weighted by Gasteiger charge is -2.10. The van der Waals surface area contributed by atoms with Crippen LogP contribution in [0.25, 0.3) is 10.9 Å². The van der Waals surface area contributed by atoms with Crippen molar-refractivity contribution in [3.05, 3.63) is 53.6 Å². The molecule has 0 aliphatic carbocycles. The van der Waals surface area contributed by atoms with Crippen molar-refractivity contribution in [2.45, 2.75) is 0 Å². The van der Waals surface area contributed by atoms with Gasteiger partial charge in [0.2, 0.25) is 5.88 Å². The van der Waals surface area contributed by atoms with Crippen LogP contribution >= 0.6 is 11.6 Å². The number of aromatic nitrogens is 3. The van der Waals surface area contributed by atoms with Crippen LogP contribution in [0.1, 0.15) is 10.4 Å². The van der Waals surface area contributed by atoms with E-state index in [9.17, 15) is 9.90 Å². The fourth-order valence-corrected chi connectivity index (χ4v) is 2.05. The average Bonchev–Trinajstić information content (AvgIpc) is 2.49. The van der Waals surface area contributed by atoms with Gasteiger partial charge < -0.3 is 9.84 Å². The molecule has 0 aliphatic rings. The molecule has 6 nitrogen and oxygen atoms in total. The molecule has 1 N–H and O–H groups in total. The molecule has 0 amide bonds. The Morgan fingerprint density at radius 3 is 2.76 bits per heavy atom. The molecular weight excluding hydrogens is 294 g/mol. The lowest BCUT2D eigenvalue weighted by molar-refractivity contribution is 0.0696. The van der Waals surface area contributed by atoms with E-state index in [0.29, 0.717) is 10.9 Å². The summed E-state index contributed by atoms with van der Waals surface area (Å²) in [5, 5.41) is 10.1. The van der Waals surface area contributed by atoms with E-state index >= 15 is 0 Å². The number of aromatic carboxylic acids is 1. The van der Waals surface area contributed by atoms with Crippen molar-refractivity contribution in [3.8, 4) is 11.6 Å². The number of pyridine rings is 1. The van der Waals surface area contributed by atoms with E-state index in [0.717, 1.165) is 0 Å². The summed E-state index contributed by atoms with van der Waals surface area (Å²) in [6.45, 7) is 0. The number of carboxylic acids is 1. The second-order valence-electron chi connectivity index (χ2n) is 4.10. The number of rotatable bonds is 3. The van der Waals surface area contributed by atoms with E-state index in [-0.39, 0.29) is 22.2 Å². The maximum Gasteiger partial charge on any atom is 0.340 e. The number of carboxylic acid groups (broad SMARTS) is 1. The van der Waals surface area contributed by atoms with Crippen LogP contribution in [0.3, 0.4) is 0 Å². The van der Waals surface area contributed by atoms with Gasteiger partial charge in [0.25, 0.3) is 0 Å². The fourth-order valence-electron chi connectivity index (χ4n) is 1.90. The largest absolute Gasteiger partial charge is 0.478 e. The maximum absolute atomic E-state index is 11.5. The molecule has 3 aromatic rings. The summed E-state index contributed by atoms with van der Waals surface area (Å²) in [4.78, 5) is 23.3. The Morgan fingerprint density at radius 2 is 2.00 bits per heavy atom. The number of benzene rings is 1. The zero-order valence-electron chi connectivity index (χ0n) is 10.5. The van der Waals surface area contributed by atoms with Gasteiger partial charge in [-0.25, -0.2) is 14.8 Å². The first kappa shape index (κ1) is 13.3. The van der Waals surface area contributed by atoms with Crippen molar-refractivity contribution in [2.24, 2.45) is 0 Å². The SMILES string of the molecule is O=C(O)c1c(Oc2ncncc2Cl)cnc2ccccc12. The maximum atomic E-state index is 11.5. The first-order valence-electron chi connectivity index (χ1n) is 5.91. The molecule has 0 saturated carbocycles. The van der Waals surface area contributed by atoms with Crippen LogP contribution < -0.4 is 4.74 Å². The van der Waals surface area contributed by atoms with Gasteiger partial charge in [0, 0.05) is 5.39 Å². The highest BCUT2D eigenvalue weighted by Crippen LogP contribution is 2.31. The topological polar surface area (TPSA) is 85.2 Å². The average molecular weight is 302 g/mol. The predicted molar refractivity (Wildman–Crippen MR) is 75.8 cm³/mol. The number of carbonyl (C=O) groups is 1. The summed E-state index contributed by atoms with van der Waals surface area (Å²) in [5.74, 6) is -0.971. The first-order valence-corrected chi connectivity index (χ1v) is 6.29. The molecule has 0 bridgehead atoms. The Labute approximate surface area is 124 Å². The van der Waals surface area contributed by atoms with E-state index in [1.165, 1.54) is 18.7 Å². The van der Waals surface area contributed by atoms with E-state index in [2.05, 4.69) is 15.0 Å². The third-order valence-electron chi connectivity index (χ3n) is 2.80. The molecule has 0 atom stereocenters. The molecule has 3 rings (SSSR count). The zero-order valence-corrected chi connectivity index (χ0v) is 11.3. The van der Waals surface area contributed by atoms with Crippen LogP contribution in [0.2, 0.25) is 5.02 Å². The highest BCUT2D eigenvalue weighted by atomic mass is 35.5. The van der Waals surface area contributed by atoms with Gasteiger partial charge in [-0.2, -0.15) is 0 Å². The minimum absolute atomic E-state index is 0.00952. The van der Waals surface area contributed by atoms with Crippen LogP contribution in [0.4, 0.5) is 0 Å². The van der Waals surface area contributed by atoms with Gasteiger partial charge in [0.1, 0.15) is 16.9 Å².